The van der Waals surface area contributed by atoms with Crippen molar-refractivity contribution in [1.29, 1.82) is 0 Å². The molecule has 1 aromatic carbocycles. The fourth-order valence-electron chi connectivity index (χ4n) is 3.54. The molecule has 2 heterocycles. The third-order valence-corrected chi connectivity index (χ3v) is 4.96. The van der Waals surface area contributed by atoms with Gasteiger partial charge in [0.1, 0.15) is 17.3 Å². The average Bonchev–Trinajstić information content (AvgIpc) is 2.99. The van der Waals surface area contributed by atoms with Crippen LogP contribution in [0.5, 0.6) is 5.75 Å². The molecule has 0 radical (unpaired) electrons. The van der Waals surface area contributed by atoms with Gasteiger partial charge >= 0.3 is 0 Å². The topological polar surface area (TPSA) is 79.7 Å². The minimum atomic E-state index is -0.806. The summed E-state index contributed by atoms with van der Waals surface area (Å²) in [6.07, 6.45) is 5.73. The third-order valence-electron chi connectivity index (χ3n) is 4.96. The molecule has 1 aliphatic heterocycles. The van der Waals surface area contributed by atoms with Gasteiger partial charge < -0.3 is 14.7 Å². The lowest BCUT2D eigenvalue weighted by Gasteiger charge is -2.25. The number of unbranched alkanes of at least 4 members (excludes halogenated alkanes) is 2. The van der Waals surface area contributed by atoms with E-state index in [9.17, 15) is 19.1 Å². The smallest absolute Gasteiger partial charge is 0.295 e. The number of ketones is 1. The second-order valence-corrected chi connectivity index (χ2v) is 6.83. The van der Waals surface area contributed by atoms with Gasteiger partial charge in [-0.2, -0.15) is 0 Å². The van der Waals surface area contributed by atoms with E-state index in [-0.39, 0.29) is 16.9 Å². The Morgan fingerprint density at radius 3 is 2.72 bits per heavy atom. The van der Waals surface area contributed by atoms with E-state index in [0.717, 1.165) is 25.3 Å². The number of pyridine rings is 1. The Kier molecular flexibility index (Phi) is 6.26. The van der Waals surface area contributed by atoms with Gasteiger partial charge in [-0.1, -0.05) is 25.8 Å². The van der Waals surface area contributed by atoms with Gasteiger partial charge in [-0.25, -0.2) is 4.39 Å². The summed E-state index contributed by atoms with van der Waals surface area (Å²) >= 11 is 0. The molecule has 0 saturated carbocycles. The number of ether oxygens (including phenoxy) is 1. The molecule has 1 aliphatic rings. The summed E-state index contributed by atoms with van der Waals surface area (Å²) in [5, 5.41) is 11.0. The molecule has 2 aromatic rings. The maximum atomic E-state index is 13.8. The van der Waals surface area contributed by atoms with Crippen LogP contribution in [0.15, 0.2) is 48.3 Å². The van der Waals surface area contributed by atoms with E-state index in [1.165, 1.54) is 24.1 Å². The van der Waals surface area contributed by atoms with Crippen LogP contribution in [-0.4, -0.2) is 40.3 Å². The van der Waals surface area contributed by atoms with Crippen molar-refractivity contribution in [2.45, 2.75) is 32.2 Å². The van der Waals surface area contributed by atoms with E-state index in [0.29, 0.717) is 12.1 Å². The normalized spacial score (nSPS) is 18.3. The Hall–Kier alpha value is -3.22. The summed E-state index contributed by atoms with van der Waals surface area (Å²) in [4.78, 5) is 31.2. The molecule has 1 saturated heterocycles. The van der Waals surface area contributed by atoms with Crippen molar-refractivity contribution in [1.82, 2.24) is 9.88 Å². The van der Waals surface area contributed by atoms with Crippen LogP contribution in [0.25, 0.3) is 5.76 Å². The van der Waals surface area contributed by atoms with E-state index in [1.807, 2.05) is 6.92 Å². The number of likely N-dealkylation sites (tertiary alicyclic amines) is 1. The minimum absolute atomic E-state index is 0.0212. The quantitative estimate of drug-likeness (QED) is 0.332. The number of carbonyl (C=O) groups is 2. The number of aromatic nitrogens is 1. The van der Waals surface area contributed by atoms with Gasteiger partial charge in [0.05, 0.1) is 24.3 Å². The Labute approximate surface area is 168 Å². The molecular formula is C22H23FN2O4. The molecule has 1 atom stereocenters. The van der Waals surface area contributed by atoms with E-state index in [1.54, 1.807) is 24.5 Å². The summed E-state index contributed by atoms with van der Waals surface area (Å²) in [5.41, 5.74) is 0.525. The standard InChI is InChI=1S/C22H23FN2O4/c1-3-4-5-11-25-19(14-7-6-10-24-13-14)18(21(27)22(25)28)20(26)16-12-15(23)8-9-17(16)29-2/h6-10,12-13,19,26H,3-5,11H2,1-2H3/b20-18+. The van der Waals surface area contributed by atoms with Crippen LogP contribution in [0.3, 0.4) is 0 Å². The molecule has 1 fully saturated rings. The van der Waals surface area contributed by atoms with Crippen LogP contribution in [0.2, 0.25) is 0 Å². The summed E-state index contributed by atoms with van der Waals surface area (Å²) in [6.45, 7) is 2.41. The molecule has 6 nitrogen and oxygen atoms in total. The third kappa shape index (κ3) is 3.99. The van der Waals surface area contributed by atoms with Crippen molar-refractivity contribution < 1.29 is 23.8 Å². The summed E-state index contributed by atoms with van der Waals surface area (Å²) in [6, 6.07) is 6.28. The molecule has 7 heteroatoms. The van der Waals surface area contributed by atoms with Gasteiger partial charge in [-0.3, -0.25) is 14.6 Å². The van der Waals surface area contributed by atoms with Crippen LogP contribution in [0, 0.1) is 5.82 Å². The molecular weight excluding hydrogens is 375 g/mol. The van der Waals surface area contributed by atoms with Crippen LogP contribution in [0.1, 0.15) is 43.4 Å². The highest BCUT2D eigenvalue weighted by molar-refractivity contribution is 6.46. The second-order valence-electron chi connectivity index (χ2n) is 6.83. The lowest BCUT2D eigenvalue weighted by Crippen LogP contribution is -2.30. The molecule has 1 unspecified atom stereocenters. The number of hydrogen-bond acceptors (Lipinski definition) is 5. The molecule has 0 spiro atoms. The highest BCUT2D eigenvalue weighted by atomic mass is 19.1. The van der Waals surface area contributed by atoms with Crippen molar-refractivity contribution in [3.05, 3.63) is 65.2 Å². The van der Waals surface area contributed by atoms with Crippen LogP contribution in [-0.2, 0) is 9.59 Å². The number of Topliss-reactive ketones (excluding diaryl/α,β-unsaturated/α-hetero) is 1. The number of carbonyl (C=O) groups excluding carboxylic acids is 2. The zero-order valence-electron chi connectivity index (χ0n) is 16.4. The number of halogens is 1. The molecule has 152 valence electrons. The fraction of sp³-hybridized carbons (Fsp3) is 0.318. The second kappa shape index (κ2) is 8.86. The molecule has 1 N–H and O–H groups in total. The van der Waals surface area contributed by atoms with Gasteiger partial charge in [0.2, 0.25) is 0 Å². The zero-order chi connectivity index (χ0) is 21.0. The number of aliphatic hydroxyl groups is 1. The van der Waals surface area contributed by atoms with E-state index in [2.05, 4.69) is 4.98 Å². The molecule has 3 rings (SSSR count). The lowest BCUT2D eigenvalue weighted by atomic mass is 9.96. The fourth-order valence-corrected chi connectivity index (χ4v) is 3.54. The number of benzene rings is 1. The van der Waals surface area contributed by atoms with Crippen LogP contribution in [0.4, 0.5) is 4.39 Å². The maximum Gasteiger partial charge on any atom is 0.295 e. The van der Waals surface area contributed by atoms with Crippen molar-refractivity contribution in [2.75, 3.05) is 13.7 Å². The molecule has 0 bridgehead atoms. The monoisotopic (exact) mass is 398 g/mol. The largest absolute Gasteiger partial charge is 0.507 e. The first-order valence-corrected chi connectivity index (χ1v) is 9.51. The Morgan fingerprint density at radius 1 is 1.28 bits per heavy atom. The minimum Gasteiger partial charge on any atom is -0.507 e. The van der Waals surface area contributed by atoms with Crippen molar-refractivity contribution >= 4 is 17.4 Å². The van der Waals surface area contributed by atoms with Crippen molar-refractivity contribution in [3.63, 3.8) is 0 Å². The van der Waals surface area contributed by atoms with E-state index in [4.69, 9.17) is 4.74 Å². The first-order valence-electron chi connectivity index (χ1n) is 9.51. The maximum absolute atomic E-state index is 13.8. The molecule has 29 heavy (non-hydrogen) atoms. The predicted molar refractivity (Wildman–Crippen MR) is 106 cm³/mol. The lowest BCUT2D eigenvalue weighted by molar-refractivity contribution is -0.139. The first-order chi connectivity index (χ1) is 14.0. The van der Waals surface area contributed by atoms with Gasteiger partial charge in [0.25, 0.3) is 11.7 Å². The molecule has 0 aliphatic carbocycles. The van der Waals surface area contributed by atoms with Gasteiger partial charge in [-0.15, -0.1) is 0 Å². The Balaban J connectivity index is 2.16. The van der Waals surface area contributed by atoms with Crippen LogP contribution < -0.4 is 4.74 Å². The van der Waals surface area contributed by atoms with Crippen molar-refractivity contribution in [3.8, 4) is 5.75 Å². The first kappa shape index (κ1) is 20.5. The van der Waals surface area contributed by atoms with E-state index < -0.39 is 29.3 Å². The summed E-state index contributed by atoms with van der Waals surface area (Å²) < 4.78 is 19.1. The highest BCUT2D eigenvalue weighted by Gasteiger charge is 2.46. The molecule has 1 aromatic heterocycles. The van der Waals surface area contributed by atoms with Gasteiger partial charge in [-0.05, 0) is 36.2 Å². The zero-order valence-corrected chi connectivity index (χ0v) is 16.4. The molecule has 1 amide bonds. The Bertz CT molecular complexity index is 943. The van der Waals surface area contributed by atoms with Crippen molar-refractivity contribution in [2.24, 2.45) is 0 Å². The number of hydrogen-bond donors (Lipinski definition) is 1. The predicted octanol–water partition coefficient (Wildman–Crippen LogP) is 3.84. The number of amides is 1. The number of rotatable bonds is 7. The van der Waals surface area contributed by atoms with Gasteiger partial charge in [0.15, 0.2) is 0 Å². The number of aliphatic hydroxyl groups excluding tert-OH is 1. The Morgan fingerprint density at radius 2 is 2.07 bits per heavy atom. The number of nitrogens with zero attached hydrogens (tertiary/aromatic N) is 2. The summed E-state index contributed by atoms with van der Waals surface area (Å²) in [5.74, 6) is -2.36. The highest BCUT2D eigenvalue weighted by Crippen LogP contribution is 2.40. The average molecular weight is 398 g/mol. The van der Waals surface area contributed by atoms with Gasteiger partial charge in [0, 0.05) is 18.9 Å². The summed E-state index contributed by atoms with van der Waals surface area (Å²) in [7, 11) is 1.38. The van der Waals surface area contributed by atoms with Crippen LogP contribution >= 0.6 is 0 Å². The number of methoxy groups -OCH3 is 1. The van der Waals surface area contributed by atoms with E-state index >= 15 is 0 Å². The SMILES string of the molecule is CCCCCN1C(=O)C(=O)/C(=C(/O)c2cc(F)ccc2OC)C1c1cccnc1.